The van der Waals surface area contributed by atoms with Crippen molar-refractivity contribution in [1.29, 1.82) is 0 Å². The molecule has 5 nitrogen and oxygen atoms in total. The Bertz CT molecular complexity index is 657. The lowest BCUT2D eigenvalue weighted by Crippen LogP contribution is -2.27. The van der Waals surface area contributed by atoms with Gasteiger partial charge in [-0.05, 0) is 17.7 Å². The Morgan fingerprint density at radius 1 is 1.35 bits per heavy atom. The van der Waals surface area contributed by atoms with Crippen LogP contribution in [-0.2, 0) is 25.0 Å². The molecule has 1 fully saturated rings. The normalized spacial score (nSPS) is 21.9. The van der Waals surface area contributed by atoms with E-state index in [-0.39, 0.29) is 11.4 Å². The topological polar surface area (TPSA) is 71.3 Å². The van der Waals surface area contributed by atoms with Gasteiger partial charge in [0.15, 0.2) is 21.0 Å². The van der Waals surface area contributed by atoms with Crippen LogP contribution in [0.15, 0.2) is 29.2 Å². The van der Waals surface area contributed by atoms with E-state index in [1.54, 1.807) is 0 Å². The monoisotopic (exact) mass is 335 g/mol. The molecule has 0 radical (unpaired) electrons. The number of amides is 1. The molecule has 1 heterocycles. The van der Waals surface area contributed by atoms with Gasteiger partial charge >= 0.3 is 0 Å². The van der Waals surface area contributed by atoms with E-state index in [4.69, 9.17) is 23.2 Å². The van der Waals surface area contributed by atoms with Crippen molar-refractivity contribution in [2.45, 2.75) is 15.3 Å². The quantitative estimate of drug-likeness (QED) is 0.469. The van der Waals surface area contributed by atoms with Crippen LogP contribution in [0.25, 0.3) is 0 Å². The molecule has 1 saturated heterocycles. The van der Waals surface area contributed by atoms with Gasteiger partial charge in [-0.15, -0.1) is 0 Å². The van der Waals surface area contributed by atoms with Crippen molar-refractivity contribution in [3.8, 4) is 0 Å². The average Bonchev–Trinajstić information content (AvgIpc) is 3.13. The van der Waals surface area contributed by atoms with Crippen molar-refractivity contribution in [3.63, 3.8) is 0 Å². The molecule has 1 unspecified atom stereocenters. The van der Waals surface area contributed by atoms with Crippen LogP contribution in [0.5, 0.6) is 0 Å². The van der Waals surface area contributed by atoms with Gasteiger partial charge in [0.1, 0.15) is 5.54 Å². The third kappa shape index (κ3) is 2.55. The molecule has 1 amide bonds. The summed E-state index contributed by atoms with van der Waals surface area (Å²) in [7, 11) is -3.31. The summed E-state index contributed by atoms with van der Waals surface area (Å²) < 4.78 is 22.7. The summed E-state index contributed by atoms with van der Waals surface area (Å²) in [6.45, 7) is 0.184. The predicted octanol–water partition coefficient (Wildman–Crippen LogP) is 1.13. The van der Waals surface area contributed by atoms with Crippen molar-refractivity contribution in [3.05, 3.63) is 29.8 Å². The predicted molar refractivity (Wildman–Crippen MR) is 74.5 cm³/mol. The van der Waals surface area contributed by atoms with Crippen LogP contribution in [-0.4, -0.2) is 43.1 Å². The molecule has 1 atom stereocenters. The third-order valence-corrected chi connectivity index (χ3v) is 4.71. The summed E-state index contributed by atoms with van der Waals surface area (Å²) >= 11 is 11.0. The number of benzene rings is 1. The van der Waals surface area contributed by atoms with Crippen molar-refractivity contribution in [2.24, 2.45) is 0 Å². The van der Waals surface area contributed by atoms with E-state index in [9.17, 15) is 18.0 Å². The van der Waals surface area contributed by atoms with Crippen LogP contribution >= 0.6 is 23.2 Å². The van der Waals surface area contributed by atoms with Crippen LogP contribution in [0.3, 0.4) is 0 Å². The molecular weight excluding hydrogens is 325 g/mol. The Morgan fingerprint density at radius 2 is 1.90 bits per heavy atom. The molecule has 0 saturated carbocycles. The van der Waals surface area contributed by atoms with Crippen LogP contribution in [0, 0.1) is 0 Å². The Balaban J connectivity index is 2.32. The number of nitrogens with zero attached hydrogens (tertiary/aromatic N) is 1. The maximum Gasteiger partial charge on any atom is 0.257 e. The summed E-state index contributed by atoms with van der Waals surface area (Å²) in [4.78, 5) is 23.2. The van der Waals surface area contributed by atoms with Crippen molar-refractivity contribution in [1.82, 2.24) is 4.90 Å². The largest absolute Gasteiger partial charge is 0.319 e. The van der Waals surface area contributed by atoms with E-state index in [2.05, 4.69) is 0 Å². The fourth-order valence-electron chi connectivity index (χ4n) is 2.00. The summed E-state index contributed by atoms with van der Waals surface area (Å²) in [5.74, 6) is -0.548. The zero-order valence-corrected chi connectivity index (χ0v) is 12.7. The molecular formula is C12H11Cl2NO4S. The van der Waals surface area contributed by atoms with Gasteiger partial charge in [-0.3, -0.25) is 4.79 Å². The minimum atomic E-state index is -3.31. The van der Waals surface area contributed by atoms with Crippen molar-refractivity contribution < 1.29 is 18.0 Å². The maximum absolute atomic E-state index is 11.7. The third-order valence-electron chi connectivity index (χ3n) is 3.21. The molecule has 108 valence electrons. The van der Waals surface area contributed by atoms with Gasteiger partial charge < -0.3 is 9.69 Å². The average molecular weight is 336 g/mol. The number of carbonyl (C=O) groups excluding carboxylic acids is 2. The van der Waals surface area contributed by atoms with Gasteiger partial charge in [-0.25, -0.2) is 8.42 Å². The number of aldehydes is 1. The van der Waals surface area contributed by atoms with E-state index in [0.717, 1.165) is 6.26 Å². The van der Waals surface area contributed by atoms with E-state index < -0.39 is 26.1 Å². The number of hydrogen-bond donors (Lipinski definition) is 0. The molecule has 0 N–H and O–H groups in total. The number of rotatable bonds is 4. The molecule has 1 aliphatic rings. The minimum Gasteiger partial charge on any atom is -0.319 e. The van der Waals surface area contributed by atoms with Crippen LogP contribution in [0.1, 0.15) is 5.56 Å². The second-order valence-corrected chi connectivity index (χ2v) is 7.68. The Kier molecular flexibility index (Phi) is 3.83. The number of halogens is 2. The molecule has 0 aliphatic carbocycles. The first kappa shape index (κ1) is 15.3. The summed E-state index contributed by atoms with van der Waals surface area (Å²) in [6, 6.07) is 5.82. The van der Waals surface area contributed by atoms with Crippen LogP contribution < -0.4 is 0 Å². The van der Waals surface area contributed by atoms with E-state index >= 15 is 0 Å². The number of hydrogen-bond acceptors (Lipinski definition) is 4. The first-order valence-corrected chi connectivity index (χ1v) is 8.35. The fourth-order valence-corrected chi connectivity index (χ4v) is 2.87. The highest BCUT2D eigenvalue weighted by Crippen LogP contribution is 2.42. The zero-order valence-electron chi connectivity index (χ0n) is 10.4. The maximum atomic E-state index is 11.7. The highest BCUT2D eigenvalue weighted by Gasteiger charge is 2.57. The van der Waals surface area contributed by atoms with Crippen LogP contribution in [0.4, 0.5) is 0 Å². The van der Waals surface area contributed by atoms with Gasteiger partial charge in [0.25, 0.3) is 5.91 Å². The molecule has 2 rings (SSSR count). The first-order chi connectivity index (χ1) is 9.22. The van der Waals surface area contributed by atoms with E-state index in [1.165, 1.54) is 29.2 Å². The molecule has 0 aromatic heterocycles. The lowest BCUT2D eigenvalue weighted by molar-refractivity contribution is -0.127. The highest BCUT2D eigenvalue weighted by atomic mass is 35.5. The van der Waals surface area contributed by atoms with Crippen LogP contribution in [0.2, 0.25) is 0 Å². The lowest BCUT2D eigenvalue weighted by atomic mass is 10.0. The summed E-state index contributed by atoms with van der Waals surface area (Å²) in [5, 5.41) is 0. The number of sulfone groups is 1. The molecule has 1 aromatic carbocycles. The summed E-state index contributed by atoms with van der Waals surface area (Å²) in [5.41, 5.74) is -0.558. The number of alkyl halides is 2. The van der Waals surface area contributed by atoms with Gasteiger partial charge in [-0.2, -0.15) is 0 Å². The second-order valence-electron chi connectivity index (χ2n) is 4.56. The molecule has 0 spiro atoms. The van der Waals surface area contributed by atoms with Crippen molar-refractivity contribution >= 4 is 45.2 Å². The van der Waals surface area contributed by atoms with Gasteiger partial charge in [-0.1, -0.05) is 35.3 Å². The second kappa shape index (κ2) is 5.02. The smallest absolute Gasteiger partial charge is 0.257 e. The molecule has 1 aromatic rings. The molecule has 20 heavy (non-hydrogen) atoms. The molecule has 1 aliphatic heterocycles. The molecule has 8 heteroatoms. The van der Waals surface area contributed by atoms with Gasteiger partial charge in [0, 0.05) is 6.26 Å². The number of carbonyl (C=O) groups is 2. The first-order valence-electron chi connectivity index (χ1n) is 5.59. The Morgan fingerprint density at radius 3 is 2.30 bits per heavy atom. The van der Waals surface area contributed by atoms with E-state index in [0.29, 0.717) is 11.8 Å². The van der Waals surface area contributed by atoms with Gasteiger partial charge in [0.2, 0.25) is 0 Å². The fraction of sp³-hybridized carbons (Fsp3) is 0.333. The zero-order chi connectivity index (χ0) is 15.1. The minimum absolute atomic E-state index is 0.147. The van der Waals surface area contributed by atoms with Crippen molar-refractivity contribution in [2.75, 3.05) is 12.8 Å². The standard InChI is InChI=1S/C12H11Cl2NO4S/c1-20(18,19)9-4-2-8(3-5-9)12(7-16)6-15(12)11(17)10(13)14/h2-5,7,10H,6H2,1H3. The summed E-state index contributed by atoms with van der Waals surface area (Å²) in [6.07, 6.45) is 1.73. The Labute approximate surface area is 126 Å². The van der Waals surface area contributed by atoms with Gasteiger partial charge in [0.05, 0.1) is 11.4 Å². The highest BCUT2D eigenvalue weighted by molar-refractivity contribution is 7.90. The Hall–Kier alpha value is -1.11. The lowest BCUT2D eigenvalue weighted by Gasteiger charge is -2.12. The van der Waals surface area contributed by atoms with E-state index in [1.807, 2.05) is 0 Å². The molecule has 0 bridgehead atoms. The SMILES string of the molecule is CS(=O)(=O)c1ccc(C2(C=O)CN2C(=O)C(Cl)Cl)cc1.